The number of hydrogen-bond donors (Lipinski definition) is 2. The first kappa shape index (κ1) is 23.0. The van der Waals surface area contributed by atoms with Gasteiger partial charge in [-0.15, -0.1) is 24.0 Å². The number of rotatable bonds is 6. The molecule has 2 heterocycles. The fourth-order valence-corrected chi connectivity index (χ4v) is 3.34. The van der Waals surface area contributed by atoms with Crippen molar-refractivity contribution in [3.63, 3.8) is 0 Å². The molecular weight excluding hydrogens is 488 g/mol. The van der Waals surface area contributed by atoms with Crippen molar-refractivity contribution in [1.29, 1.82) is 0 Å². The summed E-state index contributed by atoms with van der Waals surface area (Å²) in [5.74, 6) is 2.17. The average Bonchev–Trinajstić information content (AvgIpc) is 3.19. The quantitative estimate of drug-likeness (QED) is 0.351. The van der Waals surface area contributed by atoms with Crippen molar-refractivity contribution in [3.8, 4) is 11.5 Å². The number of guanidine groups is 1. The first-order valence-electron chi connectivity index (χ1n) is 9.18. The van der Waals surface area contributed by atoms with E-state index < -0.39 is 0 Å². The summed E-state index contributed by atoms with van der Waals surface area (Å²) in [4.78, 5) is 10.4. The second-order valence-electron chi connectivity index (χ2n) is 6.46. The zero-order valence-corrected chi connectivity index (χ0v) is 19.1. The number of pyridine rings is 1. The maximum atomic E-state index is 14.0. The number of aliphatic imine (C=N–C) groups is 1. The number of hydrogen-bond acceptors (Lipinski definition) is 5. The normalized spacial score (nSPS) is 16.2. The summed E-state index contributed by atoms with van der Waals surface area (Å²) in [6.45, 7) is 1.94. The Morgan fingerprint density at radius 3 is 2.79 bits per heavy atom. The van der Waals surface area contributed by atoms with Crippen molar-refractivity contribution in [3.05, 3.63) is 47.9 Å². The van der Waals surface area contributed by atoms with Gasteiger partial charge in [-0.2, -0.15) is 0 Å². The van der Waals surface area contributed by atoms with Crippen molar-refractivity contribution < 1.29 is 13.9 Å². The summed E-state index contributed by atoms with van der Waals surface area (Å²) >= 11 is 0. The Labute approximate surface area is 187 Å². The molecule has 3 rings (SSSR count). The maximum Gasteiger partial charge on any atom is 0.191 e. The Hall–Kier alpha value is -2.30. The smallest absolute Gasteiger partial charge is 0.191 e. The van der Waals surface area contributed by atoms with Crippen molar-refractivity contribution in [2.24, 2.45) is 4.99 Å². The van der Waals surface area contributed by atoms with Crippen LogP contribution in [0.15, 0.2) is 41.5 Å². The van der Waals surface area contributed by atoms with Crippen molar-refractivity contribution in [2.45, 2.75) is 19.0 Å². The lowest BCUT2D eigenvalue weighted by Crippen LogP contribution is -2.44. The Bertz CT molecular complexity index is 836. The van der Waals surface area contributed by atoms with E-state index in [1.165, 1.54) is 6.07 Å². The predicted molar refractivity (Wildman–Crippen MR) is 123 cm³/mol. The predicted octanol–water partition coefficient (Wildman–Crippen LogP) is 2.80. The summed E-state index contributed by atoms with van der Waals surface area (Å²) in [5.41, 5.74) is 0.966. The molecular formula is C20H27FIN5O2. The fourth-order valence-electron chi connectivity index (χ4n) is 3.34. The summed E-state index contributed by atoms with van der Waals surface area (Å²) in [5, 5.41) is 6.70. The zero-order chi connectivity index (χ0) is 19.9. The molecule has 0 amide bonds. The second kappa shape index (κ2) is 11.0. The minimum Gasteiger partial charge on any atom is -0.493 e. The van der Waals surface area contributed by atoms with Crippen LogP contribution >= 0.6 is 24.0 Å². The Balaban J connectivity index is 0.00000300. The van der Waals surface area contributed by atoms with Crippen LogP contribution in [-0.4, -0.2) is 51.3 Å². The van der Waals surface area contributed by atoms with Gasteiger partial charge in [0.1, 0.15) is 0 Å². The third kappa shape index (κ3) is 5.62. The highest BCUT2D eigenvalue weighted by atomic mass is 127. The highest BCUT2D eigenvalue weighted by Gasteiger charge is 2.26. The standard InChI is InChI=1S/C20H26FN5O2.HI/c1-22-20(24-12-14-6-4-8-17(27-2)18(14)28-3)25-15-9-11-26(13-15)19-16(21)7-5-10-23-19;/h4-8,10,15H,9,11-13H2,1-3H3,(H2,22,24,25);1H. The van der Waals surface area contributed by atoms with Crippen LogP contribution in [0, 0.1) is 5.82 Å². The second-order valence-corrected chi connectivity index (χ2v) is 6.46. The van der Waals surface area contributed by atoms with Gasteiger partial charge in [-0.1, -0.05) is 12.1 Å². The lowest BCUT2D eigenvalue weighted by Gasteiger charge is -2.20. The molecule has 7 nitrogen and oxygen atoms in total. The van der Waals surface area contributed by atoms with Gasteiger partial charge in [-0.05, 0) is 24.6 Å². The zero-order valence-electron chi connectivity index (χ0n) is 16.8. The van der Waals surface area contributed by atoms with E-state index in [4.69, 9.17) is 9.47 Å². The summed E-state index contributed by atoms with van der Waals surface area (Å²) in [6, 6.07) is 8.95. The third-order valence-electron chi connectivity index (χ3n) is 4.72. The first-order chi connectivity index (χ1) is 13.7. The van der Waals surface area contributed by atoms with Crippen LogP contribution in [-0.2, 0) is 6.54 Å². The van der Waals surface area contributed by atoms with Gasteiger partial charge in [-0.3, -0.25) is 4.99 Å². The monoisotopic (exact) mass is 515 g/mol. The van der Waals surface area contributed by atoms with Crippen LogP contribution in [0.25, 0.3) is 0 Å². The molecule has 1 atom stereocenters. The number of ether oxygens (including phenoxy) is 2. The number of methoxy groups -OCH3 is 2. The van der Waals surface area contributed by atoms with Crippen molar-refractivity contribution in [1.82, 2.24) is 15.6 Å². The number of nitrogens with one attached hydrogen (secondary N) is 2. The van der Waals surface area contributed by atoms with E-state index in [-0.39, 0.29) is 35.8 Å². The first-order valence-corrected chi connectivity index (χ1v) is 9.18. The van der Waals surface area contributed by atoms with Crippen LogP contribution in [0.3, 0.4) is 0 Å². The lowest BCUT2D eigenvalue weighted by atomic mass is 10.2. The molecule has 0 radical (unpaired) electrons. The van der Waals surface area contributed by atoms with Crippen LogP contribution in [0.5, 0.6) is 11.5 Å². The molecule has 29 heavy (non-hydrogen) atoms. The Morgan fingerprint density at radius 1 is 1.28 bits per heavy atom. The summed E-state index contributed by atoms with van der Waals surface area (Å²) < 4.78 is 24.8. The molecule has 1 aliphatic rings. The minimum atomic E-state index is -0.296. The van der Waals surface area contributed by atoms with Gasteiger partial charge in [0.05, 0.1) is 14.2 Å². The Kier molecular flexibility index (Phi) is 8.74. The molecule has 9 heteroatoms. The summed E-state index contributed by atoms with van der Waals surface area (Å²) in [6.07, 6.45) is 2.49. The molecule has 0 bridgehead atoms. The molecule has 2 N–H and O–H groups in total. The largest absolute Gasteiger partial charge is 0.493 e. The van der Waals surface area contributed by atoms with Gasteiger partial charge in [0.15, 0.2) is 29.1 Å². The maximum absolute atomic E-state index is 14.0. The highest BCUT2D eigenvalue weighted by Crippen LogP contribution is 2.30. The molecule has 1 unspecified atom stereocenters. The molecule has 158 valence electrons. The van der Waals surface area contributed by atoms with Gasteiger partial charge in [-0.25, -0.2) is 9.37 Å². The van der Waals surface area contributed by atoms with Crippen LogP contribution in [0.1, 0.15) is 12.0 Å². The molecule has 1 aromatic carbocycles. The molecule has 2 aromatic rings. The minimum absolute atomic E-state index is 0. The van der Waals surface area contributed by atoms with Gasteiger partial charge < -0.3 is 25.0 Å². The molecule has 1 aromatic heterocycles. The van der Waals surface area contributed by atoms with E-state index in [9.17, 15) is 4.39 Å². The van der Waals surface area contributed by atoms with Crippen LogP contribution in [0.4, 0.5) is 10.2 Å². The number of halogens is 2. The average molecular weight is 515 g/mol. The topological polar surface area (TPSA) is 71.0 Å². The van der Waals surface area contributed by atoms with E-state index >= 15 is 0 Å². The molecule has 1 saturated heterocycles. The fraction of sp³-hybridized carbons (Fsp3) is 0.400. The number of nitrogens with zero attached hydrogens (tertiary/aromatic N) is 3. The van der Waals surface area contributed by atoms with E-state index in [0.29, 0.717) is 36.4 Å². The van der Waals surface area contributed by atoms with E-state index in [1.807, 2.05) is 23.1 Å². The number of aromatic nitrogens is 1. The molecule has 0 spiro atoms. The van der Waals surface area contributed by atoms with Crippen molar-refractivity contribution in [2.75, 3.05) is 39.3 Å². The van der Waals surface area contributed by atoms with Crippen LogP contribution < -0.4 is 25.0 Å². The van der Waals surface area contributed by atoms with E-state index in [1.54, 1.807) is 33.5 Å². The number of para-hydroxylation sites is 1. The van der Waals surface area contributed by atoms with Gasteiger partial charge >= 0.3 is 0 Å². The van der Waals surface area contributed by atoms with E-state index in [2.05, 4.69) is 20.6 Å². The van der Waals surface area contributed by atoms with Crippen molar-refractivity contribution >= 4 is 35.8 Å². The number of benzene rings is 1. The number of anilines is 1. The van der Waals surface area contributed by atoms with Gasteiger partial charge in [0.2, 0.25) is 0 Å². The van der Waals surface area contributed by atoms with Crippen LogP contribution in [0.2, 0.25) is 0 Å². The lowest BCUT2D eigenvalue weighted by molar-refractivity contribution is 0.351. The molecule has 1 aliphatic heterocycles. The summed E-state index contributed by atoms with van der Waals surface area (Å²) in [7, 11) is 4.97. The van der Waals surface area contributed by atoms with E-state index in [0.717, 1.165) is 18.5 Å². The van der Waals surface area contributed by atoms with Gasteiger partial charge in [0.25, 0.3) is 0 Å². The van der Waals surface area contributed by atoms with Gasteiger partial charge in [0, 0.05) is 44.5 Å². The Morgan fingerprint density at radius 2 is 2.10 bits per heavy atom. The third-order valence-corrected chi connectivity index (χ3v) is 4.72. The molecule has 0 aliphatic carbocycles. The molecule has 0 saturated carbocycles. The SMILES string of the molecule is CN=C(NCc1cccc(OC)c1OC)NC1CCN(c2ncccc2F)C1.I. The molecule has 1 fully saturated rings. The highest BCUT2D eigenvalue weighted by molar-refractivity contribution is 14.0.